The Kier molecular flexibility index (Phi) is 7.73. The van der Waals surface area contributed by atoms with Crippen LogP contribution < -0.4 is 4.31 Å². The first-order chi connectivity index (χ1) is 14.4. The van der Waals surface area contributed by atoms with E-state index < -0.39 is 22.2 Å². The Morgan fingerprint density at radius 3 is 2.37 bits per heavy atom. The maximum absolute atomic E-state index is 13.5. The Hall–Kier alpha value is -1.68. The Balaban J connectivity index is 2.09. The van der Waals surface area contributed by atoms with Crippen LogP contribution in [-0.4, -0.2) is 48.9 Å². The molecule has 1 aliphatic heterocycles. The fourth-order valence-corrected chi connectivity index (χ4v) is 5.13. The summed E-state index contributed by atoms with van der Waals surface area (Å²) in [4.78, 5) is 0.222. The summed E-state index contributed by atoms with van der Waals surface area (Å²) in [6.07, 6.45) is -0.627. The van der Waals surface area contributed by atoms with Crippen molar-refractivity contribution in [2.24, 2.45) is 0 Å². The molecule has 0 unspecified atom stereocenters. The molecule has 0 fully saturated rings. The van der Waals surface area contributed by atoms with Crippen LogP contribution in [0.25, 0.3) is 0 Å². The van der Waals surface area contributed by atoms with Gasteiger partial charge in [-0.1, -0.05) is 29.3 Å². The second-order valence-corrected chi connectivity index (χ2v) is 9.29. The zero-order valence-corrected chi connectivity index (χ0v) is 18.8. The van der Waals surface area contributed by atoms with E-state index in [4.69, 9.17) is 30.5 Å². The predicted molar refractivity (Wildman–Crippen MR) is 114 cm³/mol. The summed E-state index contributed by atoms with van der Waals surface area (Å²) in [5, 5.41) is 0.472. The maximum atomic E-state index is 13.5. The molecule has 2 atom stereocenters. The van der Waals surface area contributed by atoms with Crippen molar-refractivity contribution in [3.8, 4) is 0 Å². The molecule has 164 valence electrons. The van der Waals surface area contributed by atoms with E-state index in [1.165, 1.54) is 18.5 Å². The van der Waals surface area contributed by atoms with Gasteiger partial charge in [-0.25, -0.2) is 8.42 Å². The van der Waals surface area contributed by atoms with Gasteiger partial charge < -0.3 is 18.9 Å². The summed E-state index contributed by atoms with van der Waals surface area (Å²) in [5.74, 6) is 0. The lowest BCUT2D eigenvalue weighted by molar-refractivity contribution is -0.159. The van der Waals surface area contributed by atoms with Gasteiger partial charge >= 0.3 is 0 Å². The first-order valence-electron chi connectivity index (χ1n) is 9.48. The minimum atomic E-state index is -3.80. The lowest BCUT2D eigenvalue weighted by atomic mass is 10.0. The summed E-state index contributed by atoms with van der Waals surface area (Å²) < 4.78 is 50.3. The molecule has 0 saturated heterocycles. The summed E-state index contributed by atoms with van der Waals surface area (Å²) in [7, 11) is -0.749. The molecule has 0 radical (unpaired) electrons. The quantitative estimate of drug-likeness (QED) is 0.562. The summed E-state index contributed by atoms with van der Waals surface area (Å²) in [5.41, 5.74) is 2.11. The van der Waals surface area contributed by atoms with Crippen LogP contribution in [-0.2, 0) is 29.0 Å². The van der Waals surface area contributed by atoms with Crippen molar-refractivity contribution in [1.82, 2.24) is 0 Å². The number of rotatable bonds is 8. The van der Waals surface area contributed by atoms with Crippen molar-refractivity contribution in [3.63, 3.8) is 0 Å². The topological polar surface area (TPSA) is 74.3 Å². The number of aryl methyl sites for hydroxylation is 1. The highest BCUT2D eigenvalue weighted by molar-refractivity contribution is 7.92. The van der Waals surface area contributed by atoms with Gasteiger partial charge in [0.25, 0.3) is 10.0 Å². The van der Waals surface area contributed by atoms with Gasteiger partial charge in [0.15, 0.2) is 0 Å². The normalized spacial score (nSPS) is 19.4. The molecule has 2 aromatic rings. The molecular weight excluding hydrogens is 430 g/mol. The molecule has 30 heavy (non-hydrogen) atoms. The van der Waals surface area contributed by atoms with E-state index in [-0.39, 0.29) is 25.0 Å². The smallest absolute Gasteiger partial charge is 0.264 e. The maximum Gasteiger partial charge on any atom is 0.264 e. The lowest BCUT2D eigenvalue weighted by Crippen LogP contribution is -2.33. The average molecular weight is 456 g/mol. The van der Waals surface area contributed by atoms with Gasteiger partial charge in [-0.05, 0) is 43.7 Å². The number of benzene rings is 2. The van der Waals surface area contributed by atoms with Gasteiger partial charge in [0.05, 0.1) is 16.7 Å². The van der Waals surface area contributed by atoms with Crippen molar-refractivity contribution < 1.29 is 27.4 Å². The van der Waals surface area contributed by atoms with Crippen molar-refractivity contribution in [2.45, 2.75) is 30.4 Å². The minimum absolute atomic E-state index is 0.0220. The minimum Gasteiger partial charge on any atom is -0.359 e. The lowest BCUT2D eigenvalue weighted by Gasteiger charge is -2.26. The summed E-state index contributed by atoms with van der Waals surface area (Å²) in [6, 6.07) is 11.9. The van der Waals surface area contributed by atoms with Crippen LogP contribution >= 0.6 is 11.6 Å². The fraction of sp³-hybridized carbons (Fsp3) is 0.429. The number of nitrogens with zero attached hydrogens (tertiary/aromatic N) is 1. The number of sulfonamides is 1. The van der Waals surface area contributed by atoms with Crippen LogP contribution in [0, 0.1) is 6.92 Å². The van der Waals surface area contributed by atoms with E-state index in [1.807, 2.05) is 6.92 Å². The van der Waals surface area contributed by atoms with E-state index in [9.17, 15) is 8.42 Å². The van der Waals surface area contributed by atoms with E-state index >= 15 is 0 Å². The highest BCUT2D eigenvalue weighted by Crippen LogP contribution is 2.40. The molecule has 0 bridgehead atoms. The van der Waals surface area contributed by atoms with Crippen LogP contribution in [0.5, 0.6) is 0 Å². The third kappa shape index (κ3) is 4.96. The zero-order chi connectivity index (χ0) is 21.7. The molecule has 1 heterocycles. The number of anilines is 1. The molecule has 9 heteroatoms. The van der Waals surface area contributed by atoms with Crippen molar-refractivity contribution >= 4 is 27.3 Å². The Morgan fingerprint density at radius 2 is 1.70 bits per heavy atom. The molecule has 0 amide bonds. The molecule has 1 aliphatic rings. The highest BCUT2D eigenvalue weighted by Gasteiger charge is 2.37. The van der Waals surface area contributed by atoms with Gasteiger partial charge in [0, 0.05) is 31.4 Å². The Bertz CT molecular complexity index is 950. The molecule has 7 nitrogen and oxygen atoms in total. The van der Waals surface area contributed by atoms with Crippen molar-refractivity contribution in [1.29, 1.82) is 0 Å². The van der Waals surface area contributed by atoms with Gasteiger partial charge in [-0.2, -0.15) is 0 Å². The van der Waals surface area contributed by atoms with E-state index in [0.29, 0.717) is 22.7 Å². The number of methoxy groups -OCH3 is 2. The van der Waals surface area contributed by atoms with Crippen molar-refractivity contribution in [3.05, 3.63) is 58.6 Å². The van der Waals surface area contributed by atoms with Crippen LogP contribution in [0.4, 0.5) is 5.69 Å². The first kappa shape index (κ1) is 23.0. The van der Waals surface area contributed by atoms with E-state index in [2.05, 4.69) is 0 Å². The van der Waals surface area contributed by atoms with Gasteiger partial charge in [-0.3, -0.25) is 4.31 Å². The molecule has 0 aromatic heterocycles. The van der Waals surface area contributed by atoms with E-state index in [0.717, 1.165) is 5.56 Å². The van der Waals surface area contributed by atoms with Crippen LogP contribution in [0.1, 0.15) is 23.7 Å². The SMILES string of the molecule is COCO[C@H]1CCN(S(=O)(=O)c2ccc(C)cc2)c2ccc(Cl)cc2[C@H]1OCOC. The third-order valence-electron chi connectivity index (χ3n) is 4.89. The Labute approximate surface area is 182 Å². The largest absolute Gasteiger partial charge is 0.359 e. The monoisotopic (exact) mass is 455 g/mol. The molecular formula is C21H26ClNO6S. The van der Waals surface area contributed by atoms with Gasteiger partial charge in [0.1, 0.15) is 19.7 Å². The second-order valence-electron chi connectivity index (χ2n) is 6.99. The standard InChI is InChI=1S/C21H26ClNO6S/c1-15-4-7-17(8-5-15)30(24,25)23-11-10-20(28-13-26-2)21(29-14-27-3)18-12-16(22)6-9-19(18)23/h4-9,12,20-21H,10-11,13-14H2,1-3H3/t20-,21+/m0/s1. The molecule has 0 saturated carbocycles. The molecule has 0 spiro atoms. The van der Waals surface area contributed by atoms with Crippen LogP contribution in [0.2, 0.25) is 5.02 Å². The molecule has 0 N–H and O–H groups in total. The van der Waals surface area contributed by atoms with Crippen molar-refractivity contribution in [2.75, 3.05) is 38.7 Å². The third-order valence-corrected chi connectivity index (χ3v) is 6.96. The highest BCUT2D eigenvalue weighted by atomic mass is 35.5. The number of hydrogen-bond acceptors (Lipinski definition) is 6. The number of halogens is 1. The van der Waals surface area contributed by atoms with Crippen LogP contribution in [0.3, 0.4) is 0 Å². The molecule has 2 aromatic carbocycles. The van der Waals surface area contributed by atoms with Crippen LogP contribution in [0.15, 0.2) is 47.4 Å². The van der Waals surface area contributed by atoms with Gasteiger partial charge in [0.2, 0.25) is 0 Å². The second kappa shape index (κ2) is 10.1. The number of fused-ring (bicyclic) bond motifs is 1. The summed E-state index contributed by atoms with van der Waals surface area (Å²) >= 11 is 6.26. The predicted octanol–water partition coefficient (Wildman–Crippen LogP) is 3.90. The number of ether oxygens (including phenoxy) is 4. The molecule has 3 rings (SSSR count). The first-order valence-corrected chi connectivity index (χ1v) is 11.3. The van der Waals surface area contributed by atoms with E-state index in [1.54, 1.807) is 42.5 Å². The number of hydrogen-bond donors (Lipinski definition) is 0. The zero-order valence-electron chi connectivity index (χ0n) is 17.2. The molecule has 0 aliphatic carbocycles. The Morgan fingerprint density at radius 1 is 1.03 bits per heavy atom. The summed E-state index contributed by atoms with van der Waals surface area (Å²) in [6.45, 7) is 2.20. The average Bonchev–Trinajstić information content (AvgIpc) is 2.87. The fourth-order valence-electron chi connectivity index (χ4n) is 3.45. The van der Waals surface area contributed by atoms with Gasteiger partial charge in [-0.15, -0.1) is 0 Å².